The third-order valence-electron chi connectivity index (χ3n) is 6.74. The third-order valence-corrected chi connectivity index (χ3v) is 6.74. The number of piperidine rings is 1. The molecule has 1 spiro atoms. The van der Waals surface area contributed by atoms with E-state index in [0.717, 1.165) is 32.1 Å². The van der Waals surface area contributed by atoms with Crippen molar-refractivity contribution in [1.29, 1.82) is 0 Å². The van der Waals surface area contributed by atoms with Crippen LogP contribution in [0.25, 0.3) is 0 Å². The summed E-state index contributed by atoms with van der Waals surface area (Å²) < 4.78 is 17.2. The molecule has 2 aromatic rings. The Kier molecular flexibility index (Phi) is 8.00. The molecule has 1 N–H and O–H groups in total. The van der Waals surface area contributed by atoms with Gasteiger partial charge in [-0.2, -0.15) is 0 Å². The van der Waals surface area contributed by atoms with Gasteiger partial charge in [0.2, 0.25) is 0 Å². The first kappa shape index (κ1) is 24.0. The lowest BCUT2D eigenvalue weighted by molar-refractivity contribution is 0.0337. The van der Waals surface area contributed by atoms with Gasteiger partial charge in [-0.15, -0.1) is 0 Å². The lowest BCUT2D eigenvalue weighted by atomic mass is 9.75. The zero-order valence-corrected chi connectivity index (χ0v) is 19.8. The highest BCUT2D eigenvalue weighted by molar-refractivity contribution is 5.96. The maximum absolute atomic E-state index is 13.0. The fourth-order valence-electron chi connectivity index (χ4n) is 4.62. The maximum Gasteiger partial charge on any atom is 0.272 e. The van der Waals surface area contributed by atoms with Crippen LogP contribution in [0.3, 0.4) is 0 Å². The lowest BCUT2D eigenvalue weighted by Gasteiger charge is -2.42. The summed E-state index contributed by atoms with van der Waals surface area (Å²) in [5.74, 6) is 0.982. The first-order valence-electron chi connectivity index (χ1n) is 12.0. The van der Waals surface area contributed by atoms with Crippen LogP contribution >= 0.6 is 0 Å². The second kappa shape index (κ2) is 11.3. The Bertz CT molecular complexity index is 988. The molecular weight excluding hydrogens is 434 g/mol. The highest BCUT2D eigenvalue weighted by Gasteiger charge is 2.37. The Labute approximate surface area is 200 Å². The first-order chi connectivity index (χ1) is 16.6. The molecule has 0 atom stereocenters. The molecule has 0 bridgehead atoms. The van der Waals surface area contributed by atoms with Crippen molar-refractivity contribution in [3.05, 3.63) is 53.9 Å². The number of fused-ring (bicyclic) bond motifs is 1. The summed E-state index contributed by atoms with van der Waals surface area (Å²) in [6, 6.07) is 10.8. The van der Waals surface area contributed by atoms with Gasteiger partial charge in [-0.05, 0) is 43.9 Å². The number of methoxy groups -OCH3 is 1. The SMILES string of the molecule is COc1ccnc(C(=O)N2CCC3(CCCCOCCNC(=O)c4ccccc4OC3)CC2)c1. The second-order valence-electron chi connectivity index (χ2n) is 8.98. The standard InChI is InChI=1S/C26H33N3O5/c1-32-20-8-12-27-22(18-20)25(31)29-14-10-26(11-15-29)9-4-5-16-33-17-13-28-24(30)21-6-2-3-7-23(21)34-19-26/h2-3,6-8,12,18H,4-5,9-11,13-17,19H2,1H3,(H,28,30). The van der Waals surface area contributed by atoms with Crippen LogP contribution in [0.4, 0.5) is 0 Å². The number of amides is 2. The van der Waals surface area contributed by atoms with Gasteiger partial charge in [0.1, 0.15) is 17.2 Å². The number of likely N-dealkylation sites (tertiary alicyclic amines) is 1. The predicted molar refractivity (Wildman–Crippen MR) is 127 cm³/mol. The summed E-state index contributed by atoms with van der Waals surface area (Å²) in [7, 11) is 1.58. The van der Waals surface area contributed by atoms with Gasteiger partial charge in [-0.25, -0.2) is 0 Å². The molecule has 1 fully saturated rings. The molecule has 3 heterocycles. The van der Waals surface area contributed by atoms with E-state index in [2.05, 4.69) is 10.3 Å². The Morgan fingerprint density at radius 1 is 1.12 bits per heavy atom. The largest absolute Gasteiger partial charge is 0.497 e. The second-order valence-corrected chi connectivity index (χ2v) is 8.98. The minimum Gasteiger partial charge on any atom is -0.497 e. The van der Waals surface area contributed by atoms with Crippen LogP contribution in [0.5, 0.6) is 11.5 Å². The molecule has 1 aromatic heterocycles. The number of aromatic nitrogens is 1. The van der Waals surface area contributed by atoms with Crippen LogP contribution in [0.1, 0.15) is 53.0 Å². The van der Waals surface area contributed by atoms with E-state index in [1.807, 2.05) is 23.1 Å². The quantitative estimate of drug-likeness (QED) is 0.729. The third kappa shape index (κ3) is 5.86. The Balaban J connectivity index is 1.47. The molecule has 2 amide bonds. The molecule has 4 rings (SSSR count). The Morgan fingerprint density at radius 2 is 1.94 bits per heavy atom. The van der Waals surface area contributed by atoms with Crippen molar-refractivity contribution in [2.24, 2.45) is 5.41 Å². The number of benzene rings is 1. The van der Waals surface area contributed by atoms with E-state index in [9.17, 15) is 9.59 Å². The van der Waals surface area contributed by atoms with Crippen LogP contribution in [0.15, 0.2) is 42.6 Å². The number of pyridine rings is 1. The van der Waals surface area contributed by atoms with Gasteiger partial charge in [-0.3, -0.25) is 14.6 Å². The molecule has 1 saturated heterocycles. The fourth-order valence-corrected chi connectivity index (χ4v) is 4.62. The summed E-state index contributed by atoms with van der Waals surface area (Å²) in [4.78, 5) is 31.8. The van der Waals surface area contributed by atoms with Crippen LogP contribution in [-0.2, 0) is 4.74 Å². The van der Waals surface area contributed by atoms with Crippen molar-refractivity contribution in [3.8, 4) is 11.5 Å². The van der Waals surface area contributed by atoms with Gasteiger partial charge >= 0.3 is 0 Å². The maximum atomic E-state index is 13.0. The first-order valence-corrected chi connectivity index (χ1v) is 12.0. The fraction of sp³-hybridized carbons (Fsp3) is 0.500. The van der Waals surface area contributed by atoms with E-state index in [0.29, 0.717) is 62.2 Å². The highest BCUT2D eigenvalue weighted by Crippen LogP contribution is 2.38. The number of rotatable bonds is 2. The molecular formula is C26H33N3O5. The van der Waals surface area contributed by atoms with E-state index in [1.54, 1.807) is 31.5 Å². The van der Waals surface area contributed by atoms with Gasteiger partial charge in [0.15, 0.2) is 0 Å². The molecule has 2 aliphatic rings. The summed E-state index contributed by atoms with van der Waals surface area (Å²) >= 11 is 0. The molecule has 8 nitrogen and oxygen atoms in total. The number of para-hydroxylation sites is 1. The Morgan fingerprint density at radius 3 is 2.76 bits per heavy atom. The predicted octanol–water partition coefficient (Wildman–Crippen LogP) is 3.32. The lowest BCUT2D eigenvalue weighted by Crippen LogP contribution is -2.45. The minimum atomic E-state index is -0.156. The van der Waals surface area contributed by atoms with Crippen molar-refractivity contribution in [2.75, 3.05) is 46.6 Å². The summed E-state index contributed by atoms with van der Waals surface area (Å²) in [6.07, 6.45) is 6.24. The molecule has 0 unspecified atom stereocenters. The summed E-state index contributed by atoms with van der Waals surface area (Å²) in [6.45, 7) is 3.44. The van der Waals surface area contributed by atoms with E-state index in [-0.39, 0.29) is 17.2 Å². The van der Waals surface area contributed by atoms with Gasteiger partial charge in [0.05, 0.1) is 25.9 Å². The number of ether oxygens (including phenoxy) is 3. The van der Waals surface area contributed by atoms with Crippen molar-refractivity contribution in [1.82, 2.24) is 15.2 Å². The topological polar surface area (TPSA) is 90.0 Å². The van der Waals surface area contributed by atoms with Crippen LogP contribution in [0.2, 0.25) is 0 Å². The zero-order valence-electron chi connectivity index (χ0n) is 19.8. The van der Waals surface area contributed by atoms with E-state index < -0.39 is 0 Å². The average molecular weight is 468 g/mol. The van der Waals surface area contributed by atoms with Crippen LogP contribution in [-0.4, -0.2) is 68.3 Å². The number of hydrogen-bond donors (Lipinski definition) is 1. The monoisotopic (exact) mass is 467 g/mol. The van der Waals surface area contributed by atoms with Crippen molar-refractivity contribution in [2.45, 2.75) is 32.1 Å². The molecule has 2 aliphatic heterocycles. The van der Waals surface area contributed by atoms with E-state index in [1.165, 1.54) is 0 Å². The normalized spacial score (nSPS) is 19.3. The van der Waals surface area contributed by atoms with Crippen molar-refractivity contribution >= 4 is 11.8 Å². The van der Waals surface area contributed by atoms with E-state index >= 15 is 0 Å². The van der Waals surface area contributed by atoms with Gasteiger partial charge in [0, 0.05) is 43.9 Å². The van der Waals surface area contributed by atoms with E-state index in [4.69, 9.17) is 14.2 Å². The number of carbonyl (C=O) groups excluding carboxylic acids is 2. The minimum absolute atomic E-state index is 0.0632. The number of nitrogens with zero attached hydrogens (tertiary/aromatic N) is 2. The summed E-state index contributed by atoms with van der Waals surface area (Å²) in [5.41, 5.74) is 0.868. The molecule has 0 saturated carbocycles. The number of carbonyl (C=O) groups is 2. The van der Waals surface area contributed by atoms with Crippen molar-refractivity contribution < 1.29 is 23.8 Å². The molecule has 182 valence electrons. The van der Waals surface area contributed by atoms with Crippen LogP contribution in [0, 0.1) is 5.41 Å². The van der Waals surface area contributed by atoms with Crippen molar-refractivity contribution in [3.63, 3.8) is 0 Å². The van der Waals surface area contributed by atoms with Gasteiger partial charge in [-0.1, -0.05) is 18.6 Å². The number of nitrogens with one attached hydrogen (secondary N) is 1. The highest BCUT2D eigenvalue weighted by atomic mass is 16.5. The van der Waals surface area contributed by atoms with Gasteiger partial charge < -0.3 is 24.4 Å². The molecule has 1 aromatic carbocycles. The number of hydrogen-bond acceptors (Lipinski definition) is 6. The molecule has 34 heavy (non-hydrogen) atoms. The zero-order chi connectivity index (χ0) is 23.8. The molecule has 0 radical (unpaired) electrons. The van der Waals surface area contributed by atoms with Crippen LogP contribution < -0.4 is 14.8 Å². The Hall–Kier alpha value is -3.13. The van der Waals surface area contributed by atoms with Gasteiger partial charge in [0.25, 0.3) is 11.8 Å². The molecule has 8 heteroatoms. The summed E-state index contributed by atoms with van der Waals surface area (Å²) in [5, 5.41) is 2.90. The smallest absolute Gasteiger partial charge is 0.272 e. The molecule has 0 aliphatic carbocycles. The average Bonchev–Trinajstić information content (AvgIpc) is 2.89.